The molecule has 2 fully saturated rings. The van der Waals surface area contributed by atoms with E-state index in [2.05, 4.69) is 15.1 Å². The second-order valence-electron chi connectivity index (χ2n) is 8.40. The average Bonchev–Trinajstić information content (AvgIpc) is 3.15. The van der Waals surface area contributed by atoms with E-state index in [1.165, 1.54) is 76.0 Å². The molecule has 0 spiro atoms. The van der Waals surface area contributed by atoms with Crippen molar-refractivity contribution in [2.45, 2.75) is 81.4 Å². The third-order valence-electron chi connectivity index (χ3n) is 6.42. The summed E-state index contributed by atoms with van der Waals surface area (Å²) in [5, 5.41) is 9.52. The van der Waals surface area contributed by atoms with E-state index in [9.17, 15) is 4.79 Å². The molecule has 2 saturated carbocycles. The van der Waals surface area contributed by atoms with Crippen molar-refractivity contribution in [3.63, 3.8) is 0 Å². The van der Waals surface area contributed by atoms with Crippen molar-refractivity contribution in [2.75, 3.05) is 5.75 Å². The van der Waals surface area contributed by atoms with Gasteiger partial charge in [0.15, 0.2) is 11.0 Å². The Balaban J connectivity index is 1.44. The van der Waals surface area contributed by atoms with Crippen molar-refractivity contribution < 1.29 is 4.79 Å². The molecular weight excluding hydrogens is 380 g/mol. The van der Waals surface area contributed by atoms with Gasteiger partial charge in [-0.25, -0.2) is 0 Å². The van der Waals surface area contributed by atoms with Gasteiger partial charge in [0, 0.05) is 24.7 Å². The first kappa shape index (κ1) is 20.5. The van der Waals surface area contributed by atoms with Crippen LogP contribution < -0.4 is 0 Å². The summed E-state index contributed by atoms with van der Waals surface area (Å²) in [7, 11) is 1.98. The van der Waals surface area contributed by atoms with Gasteiger partial charge in [-0.2, -0.15) is 0 Å². The molecule has 0 saturated heterocycles. The summed E-state index contributed by atoms with van der Waals surface area (Å²) in [4.78, 5) is 15.6. The lowest BCUT2D eigenvalue weighted by molar-refractivity contribution is -0.135. The number of aromatic nitrogens is 3. The maximum Gasteiger partial charge on any atom is 0.233 e. The molecule has 156 valence electrons. The van der Waals surface area contributed by atoms with Gasteiger partial charge in [-0.3, -0.25) is 4.79 Å². The van der Waals surface area contributed by atoms with Crippen LogP contribution in [0, 0.1) is 0 Å². The maximum absolute atomic E-state index is 13.4. The number of rotatable bonds is 6. The minimum absolute atomic E-state index is 0.290. The van der Waals surface area contributed by atoms with E-state index in [0.717, 1.165) is 16.5 Å². The van der Waals surface area contributed by atoms with Crippen LogP contribution in [0.1, 0.15) is 64.2 Å². The van der Waals surface area contributed by atoms with E-state index in [1.807, 2.05) is 41.9 Å². The summed E-state index contributed by atoms with van der Waals surface area (Å²) >= 11 is 1.53. The van der Waals surface area contributed by atoms with Crippen LogP contribution in [0.3, 0.4) is 0 Å². The van der Waals surface area contributed by atoms with Crippen molar-refractivity contribution in [2.24, 2.45) is 7.05 Å². The van der Waals surface area contributed by atoms with E-state index in [4.69, 9.17) is 0 Å². The highest BCUT2D eigenvalue weighted by Gasteiger charge is 2.32. The number of benzene rings is 1. The predicted octanol–water partition coefficient (Wildman–Crippen LogP) is 5.07. The third-order valence-corrected chi connectivity index (χ3v) is 7.42. The lowest BCUT2D eigenvalue weighted by atomic mass is 9.88. The zero-order valence-electron chi connectivity index (χ0n) is 17.4. The molecule has 1 amide bonds. The van der Waals surface area contributed by atoms with Crippen LogP contribution in [0.5, 0.6) is 0 Å². The van der Waals surface area contributed by atoms with Gasteiger partial charge in [0.2, 0.25) is 5.91 Å². The minimum atomic E-state index is 0.290. The van der Waals surface area contributed by atoms with Crippen molar-refractivity contribution in [1.29, 1.82) is 0 Å². The molecule has 2 aromatic rings. The molecule has 6 heteroatoms. The standard InChI is InChI=1S/C23H32N4OS/c1-26-22(18-11-5-2-6-12-18)24-25-23(26)29-17-21(28)27(19-13-7-3-8-14-19)20-15-9-4-10-16-20/h2,5-6,11-12,19-20H,3-4,7-10,13-17H2,1H3. The van der Waals surface area contributed by atoms with Crippen LogP contribution in [-0.2, 0) is 11.8 Å². The lowest BCUT2D eigenvalue weighted by Gasteiger charge is -2.41. The van der Waals surface area contributed by atoms with Gasteiger partial charge >= 0.3 is 0 Å². The quantitative estimate of drug-likeness (QED) is 0.622. The fraction of sp³-hybridized carbons (Fsp3) is 0.609. The first-order valence-electron chi connectivity index (χ1n) is 11.1. The van der Waals surface area contributed by atoms with Crippen LogP contribution in [0.25, 0.3) is 11.4 Å². The molecule has 0 atom stereocenters. The highest BCUT2D eigenvalue weighted by Crippen LogP contribution is 2.31. The Kier molecular flexibility index (Phi) is 6.90. The Bertz CT molecular complexity index is 776. The molecule has 1 aromatic carbocycles. The summed E-state index contributed by atoms with van der Waals surface area (Å²) in [6, 6.07) is 11.0. The number of nitrogens with zero attached hydrogens (tertiary/aromatic N) is 4. The second kappa shape index (κ2) is 9.79. The summed E-state index contributed by atoms with van der Waals surface area (Å²) in [6.45, 7) is 0. The Morgan fingerprint density at radius 2 is 1.55 bits per heavy atom. The van der Waals surface area contributed by atoms with Gasteiger partial charge in [-0.1, -0.05) is 80.6 Å². The summed E-state index contributed by atoms with van der Waals surface area (Å²) < 4.78 is 2.00. The fourth-order valence-corrected chi connectivity index (χ4v) is 5.68. The topological polar surface area (TPSA) is 51.0 Å². The minimum Gasteiger partial charge on any atom is -0.336 e. The lowest BCUT2D eigenvalue weighted by Crippen LogP contribution is -2.49. The van der Waals surface area contributed by atoms with Gasteiger partial charge in [-0.15, -0.1) is 10.2 Å². The molecule has 2 aliphatic rings. The Morgan fingerprint density at radius 3 is 2.14 bits per heavy atom. The Hall–Kier alpha value is -1.82. The molecule has 1 heterocycles. The molecular formula is C23H32N4OS. The monoisotopic (exact) mass is 412 g/mol. The van der Waals surface area contributed by atoms with E-state index >= 15 is 0 Å². The molecule has 0 unspecified atom stereocenters. The summed E-state index contributed by atoms with van der Waals surface area (Å²) in [5.41, 5.74) is 1.05. The first-order chi connectivity index (χ1) is 14.2. The molecule has 0 bridgehead atoms. The number of carbonyl (C=O) groups excluding carboxylic acids is 1. The van der Waals surface area contributed by atoms with E-state index in [0.29, 0.717) is 17.8 Å². The normalized spacial score (nSPS) is 18.7. The molecule has 0 radical (unpaired) electrons. The van der Waals surface area contributed by atoms with Crippen LogP contribution >= 0.6 is 11.8 Å². The molecule has 0 N–H and O–H groups in total. The summed E-state index contributed by atoms with van der Waals surface area (Å²) in [6.07, 6.45) is 12.4. The van der Waals surface area contributed by atoms with Gasteiger partial charge in [0.05, 0.1) is 5.75 Å². The van der Waals surface area contributed by atoms with Gasteiger partial charge < -0.3 is 9.47 Å². The molecule has 29 heavy (non-hydrogen) atoms. The van der Waals surface area contributed by atoms with E-state index < -0.39 is 0 Å². The molecule has 5 nitrogen and oxygen atoms in total. The molecule has 0 aliphatic heterocycles. The zero-order chi connectivity index (χ0) is 20.1. The SMILES string of the molecule is Cn1c(SCC(=O)N(C2CCCCC2)C2CCCCC2)nnc1-c1ccccc1. The van der Waals surface area contributed by atoms with Gasteiger partial charge in [0.25, 0.3) is 0 Å². The Labute approximate surface area is 178 Å². The van der Waals surface area contributed by atoms with E-state index in [1.54, 1.807) is 0 Å². The van der Waals surface area contributed by atoms with E-state index in [-0.39, 0.29) is 5.91 Å². The Morgan fingerprint density at radius 1 is 0.966 bits per heavy atom. The maximum atomic E-state index is 13.4. The first-order valence-corrected chi connectivity index (χ1v) is 12.1. The number of carbonyl (C=O) groups is 1. The van der Waals surface area contributed by atoms with Crippen molar-refractivity contribution in [3.05, 3.63) is 30.3 Å². The summed E-state index contributed by atoms with van der Waals surface area (Å²) in [5.74, 6) is 1.59. The number of hydrogen-bond donors (Lipinski definition) is 0. The number of thioether (sulfide) groups is 1. The van der Waals surface area contributed by atoms with Gasteiger partial charge in [0.1, 0.15) is 0 Å². The largest absolute Gasteiger partial charge is 0.336 e. The highest BCUT2D eigenvalue weighted by molar-refractivity contribution is 7.99. The zero-order valence-corrected chi connectivity index (χ0v) is 18.2. The number of amides is 1. The predicted molar refractivity (Wildman–Crippen MR) is 118 cm³/mol. The van der Waals surface area contributed by atoms with Crippen LogP contribution in [0.4, 0.5) is 0 Å². The van der Waals surface area contributed by atoms with Crippen molar-refractivity contribution in [1.82, 2.24) is 19.7 Å². The highest BCUT2D eigenvalue weighted by atomic mass is 32.2. The fourth-order valence-electron chi connectivity index (χ4n) is 4.90. The molecule has 1 aromatic heterocycles. The molecule has 4 rings (SSSR count). The molecule has 2 aliphatic carbocycles. The van der Waals surface area contributed by atoms with Crippen LogP contribution in [0.2, 0.25) is 0 Å². The smallest absolute Gasteiger partial charge is 0.233 e. The number of hydrogen-bond acceptors (Lipinski definition) is 4. The average molecular weight is 413 g/mol. The van der Waals surface area contributed by atoms with Crippen molar-refractivity contribution >= 4 is 17.7 Å². The van der Waals surface area contributed by atoms with Crippen LogP contribution in [-0.4, -0.2) is 43.4 Å². The van der Waals surface area contributed by atoms with Crippen LogP contribution in [0.15, 0.2) is 35.5 Å². The third kappa shape index (κ3) is 4.85. The second-order valence-corrected chi connectivity index (χ2v) is 9.35. The van der Waals surface area contributed by atoms with Crippen molar-refractivity contribution in [3.8, 4) is 11.4 Å². The van der Waals surface area contributed by atoms with Gasteiger partial charge in [-0.05, 0) is 25.7 Å².